The molecule has 5 rings (SSSR count). The number of anilines is 2. The summed E-state index contributed by atoms with van der Waals surface area (Å²) in [5.74, 6) is 0.0152. The highest BCUT2D eigenvalue weighted by Gasteiger charge is 2.41. The average molecular weight is 507 g/mol. The number of ether oxygens (including phenoxy) is 1. The van der Waals surface area contributed by atoms with E-state index in [1.54, 1.807) is 24.1 Å². The third-order valence-electron chi connectivity index (χ3n) is 6.33. The molecule has 0 aliphatic carbocycles. The van der Waals surface area contributed by atoms with E-state index in [0.29, 0.717) is 33.9 Å². The number of carbonyl (C=O) groups excluding carboxylic acids is 2. The number of nitrogens with zero attached hydrogens (tertiary/aromatic N) is 3. The summed E-state index contributed by atoms with van der Waals surface area (Å²) >= 11 is 7.28. The van der Waals surface area contributed by atoms with Crippen molar-refractivity contribution in [2.75, 3.05) is 17.3 Å². The second-order valence-corrected chi connectivity index (χ2v) is 9.44. The lowest BCUT2D eigenvalue weighted by atomic mass is 9.83. The molecule has 2 unspecified atom stereocenters. The summed E-state index contributed by atoms with van der Waals surface area (Å²) in [5.41, 5.74) is 4.38. The number of nitrogens with one attached hydrogen (secondary N) is 1. The Labute approximate surface area is 212 Å². The largest absolute Gasteiger partial charge is 0.497 e. The van der Waals surface area contributed by atoms with E-state index in [-0.39, 0.29) is 18.2 Å². The lowest BCUT2D eigenvalue weighted by Crippen LogP contribution is -2.47. The second kappa shape index (κ2) is 9.64. The van der Waals surface area contributed by atoms with Gasteiger partial charge >= 0.3 is 0 Å². The Hall–Kier alpha value is -3.49. The number of amides is 2. The number of halogens is 1. The highest BCUT2D eigenvalue weighted by atomic mass is 35.5. The van der Waals surface area contributed by atoms with Crippen molar-refractivity contribution < 1.29 is 14.3 Å². The summed E-state index contributed by atoms with van der Waals surface area (Å²) in [4.78, 5) is 28.7. The van der Waals surface area contributed by atoms with Crippen LogP contribution in [0, 0.1) is 12.8 Å². The standard InChI is InChI=1S/C26H23ClN4O3S/c1-15-3-7-17(8-4-15)31-22(32)14-11-19(25(31)16-5-9-18(34-2)10-6-16)26(33)28-21-13-12-20(27)23-24(21)30-35-29-23/h3-10,12-13,19,25H,11,14H2,1-2H3,(H,28,33). The van der Waals surface area contributed by atoms with Gasteiger partial charge in [0.25, 0.3) is 0 Å². The van der Waals surface area contributed by atoms with Crippen molar-refractivity contribution in [1.82, 2.24) is 8.75 Å². The van der Waals surface area contributed by atoms with Gasteiger partial charge in [-0.3, -0.25) is 9.59 Å². The number of benzene rings is 3. The van der Waals surface area contributed by atoms with Gasteiger partial charge in [-0.2, -0.15) is 8.75 Å². The molecule has 1 N–H and O–H groups in total. The van der Waals surface area contributed by atoms with Crippen LogP contribution in [0.3, 0.4) is 0 Å². The second-order valence-electron chi connectivity index (χ2n) is 8.51. The van der Waals surface area contributed by atoms with Crippen LogP contribution in [0.25, 0.3) is 11.0 Å². The molecule has 1 aliphatic rings. The molecular weight excluding hydrogens is 484 g/mol. The first-order valence-corrected chi connectivity index (χ1v) is 12.3. The zero-order valence-corrected chi connectivity index (χ0v) is 20.8. The third-order valence-corrected chi connectivity index (χ3v) is 7.16. The van der Waals surface area contributed by atoms with Gasteiger partial charge in [0, 0.05) is 12.1 Å². The molecule has 7 nitrogen and oxygen atoms in total. The SMILES string of the molecule is COc1ccc(C2C(C(=O)Nc3ccc(Cl)c4nsnc34)CCC(=O)N2c2ccc(C)cc2)cc1. The highest BCUT2D eigenvalue weighted by molar-refractivity contribution is 7.00. The summed E-state index contributed by atoms with van der Waals surface area (Å²) < 4.78 is 13.9. The van der Waals surface area contributed by atoms with E-state index >= 15 is 0 Å². The summed E-state index contributed by atoms with van der Waals surface area (Å²) in [6.07, 6.45) is 0.697. The number of fused-ring (bicyclic) bond motifs is 1. The molecule has 1 fully saturated rings. The van der Waals surface area contributed by atoms with E-state index < -0.39 is 12.0 Å². The smallest absolute Gasteiger partial charge is 0.230 e. The lowest BCUT2D eigenvalue weighted by molar-refractivity contribution is -0.125. The van der Waals surface area contributed by atoms with Crippen molar-refractivity contribution in [2.24, 2.45) is 5.92 Å². The van der Waals surface area contributed by atoms with Crippen molar-refractivity contribution in [1.29, 1.82) is 0 Å². The van der Waals surface area contributed by atoms with Gasteiger partial charge in [-0.25, -0.2) is 0 Å². The van der Waals surface area contributed by atoms with Gasteiger partial charge in [0.2, 0.25) is 11.8 Å². The lowest BCUT2D eigenvalue weighted by Gasteiger charge is -2.41. The molecule has 0 spiro atoms. The zero-order valence-electron chi connectivity index (χ0n) is 19.2. The molecule has 2 heterocycles. The van der Waals surface area contributed by atoms with Crippen LogP contribution >= 0.6 is 23.3 Å². The molecule has 2 atom stereocenters. The number of aromatic nitrogens is 2. The van der Waals surface area contributed by atoms with Gasteiger partial charge in [-0.1, -0.05) is 41.4 Å². The predicted molar refractivity (Wildman–Crippen MR) is 138 cm³/mol. The number of carbonyl (C=O) groups is 2. The average Bonchev–Trinajstić information content (AvgIpc) is 3.37. The first-order chi connectivity index (χ1) is 17.0. The van der Waals surface area contributed by atoms with Gasteiger partial charge < -0.3 is 15.0 Å². The fraction of sp³-hybridized carbons (Fsp3) is 0.231. The number of rotatable bonds is 5. The van der Waals surface area contributed by atoms with Gasteiger partial charge in [0.15, 0.2) is 0 Å². The maximum absolute atomic E-state index is 13.7. The van der Waals surface area contributed by atoms with Crippen molar-refractivity contribution in [2.45, 2.75) is 25.8 Å². The Kier molecular flexibility index (Phi) is 6.40. The van der Waals surface area contributed by atoms with E-state index in [0.717, 1.165) is 28.5 Å². The molecule has 4 aromatic rings. The summed E-state index contributed by atoms with van der Waals surface area (Å²) in [7, 11) is 1.61. The quantitative estimate of drug-likeness (QED) is 0.370. The number of hydrogen-bond donors (Lipinski definition) is 1. The highest BCUT2D eigenvalue weighted by Crippen LogP contribution is 2.41. The van der Waals surface area contributed by atoms with Gasteiger partial charge in [-0.15, -0.1) is 0 Å². The summed E-state index contributed by atoms with van der Waals surface area (Å²) in [5, 5.41) is 3.51. The molecule has 0 saturated carbocycles. The monoisotopic (exact) mass is 506 g/mol. The minimum Gasteiger partial charge on any atom is -0.497 e. The van der Waals surface area contributed by atoms with Crippen LogP contribution in [0.1, 0.15) is 30.0 Å². The Morgan fingerprint density at radius 1 is 1.06 bits per heavy atom. The Bertz CT molecular complexity index is 1390. The van der Waals surface area contributed by atoms with E-state index in [1.165, 1.54) is 0 Å². The fourth-order valence-electron chi connectivity index (χ4n) is 4.52. The molecule has 35 heavy (non-hydrogen) atoms. The van der Waals surface area contributed by atoms with E-state index in [1.807, 2.05) is 55.5 Å². The Balaban J connectivity index is 1.54. The Morgan fingerprint density at radius 2 is 1.77 bits per heavy atom. The number of piperidine rings is 1. The molecule has 0 bridgehead atoms. The molecule has 1 saturated heterocycles. The van der Waals surface area contributed by atoms with Crippen molar-refractivity contribution >= 4 is 57.6 Å². The van der Waals surface area contributed by atoms with E-state index in [9.17, 15) is 9.59 Å². The first-order valence-electron chi connectivity index (χ1n) is 11.2. The van der Waals surface area contributed by atoms with Crippen LogP contribution in [0.5, 0.6) is 5.75 Å². The molecule has 178 valence electrons. The van der Waals surface area contributed by atoms with Crippen molar-refractivity contribution in [3.05, 3.63) is 76.8 Å². The fourth-order valence-corrected chi connectivity index (χ4v) is 5.34. The minimum atomic E-state index is -0.486. The summed E-state index contributed by atoms with van der Waals surface area (Å²) in [6, 6.07) is 18.3. The minimum absolute atomic E-state index is 0.0173. The first kappa shape index (κ1) is 23.3. The molecule has 0 radical (unpaired) electrons. The van der Waals surface area contributed by atoms with E-state index in [2.05, 4.69) is 14.1 Å². The van der Waals surface area contributed by atoms with Crippen LogP contribution in [-0.4, -0.2) is 27.7 Å². The number of aryl methyl sites for hydroxylation is 1. The summed E-state index contributed by atoms with van der Waals surface area (Å²) in [6.45, 7) is 2.00. The molecule has 1 aliphatic heterocycles. The molecule has 2 amide bonds. The van der Waals surface area contributed by atoms with Crippen LogP contribution in [0.2, 0.25) is 5.02 Å². The van der Waals surface area contributed by atoms with E-state index in [4.69, 9.17) is 16.3 Å². The third kappa shape index (κ3) is 4.47. The number of hydrogen-bond acceptors (Lipinski definition) is 6. The maximum atomic E-state index is 13.7. The van der Waals surface area contributed by atoms with Crippen molar-refractivity contribution in [3.63, 3.8) is 0 Å². The van der Waals surface area contributed by atoms with Gasteiger partial charge in [0.05, 0.1) is 41.5 Å². The van der Waals surface area contributed by atoms with Crippen LogP contribution < -0.4 is 15.0 Å². The van der Waals surface area contributed by atoms with Crippen LogP contribution in [-0.2, 0) is 9.59 Å². The molecular formula is C26H23ClN4O3S. The maximum Gasteiger partial charge on any atom is 0.230 e. The molecule has 1 aromatic heterocycles. The topological polar surface area (TPSA) is 84.4 Å². The normalized spacial score (nSPS) is 18.0. The molecule has 3 aromatic carbocycles. The van der Waals surface area contributed by atoms with Gasteiger partial charge in [0.1, 0.15) is 16.8 Å². The predicted octanol–water partition coefficient (Wildman–Crippen LogP) is 5.78. The Morgan fingerprint density at radius 3 is 2.49 bits per heavy atom. The number of methoxy groups -OCH3 is 1. The van der Waals surface area contributed by atoms with Crippen molar-refractivity contribution in [3.8, 4) is 5.75 Å². The van der Waals surface area contributed by atoms with Gasteiger partial charge in [-0.05, 0) is 55.3 Å². The zero-order chi connectivity index (χ0) is 24.5. The molecule has 9 heteroatoms. The van der Waals surface area contributed by atoms with Crippen LogP contribution in [0.4, 0.5) is 11.4 Å². The van der Waals surface area contributed by atoms with Crippen LogP contribution in [0.15, 0.2) is 60.7 Å².